The molecular weight excluding hydrogens is 326 g/mol. The van der Waals surface area contributed by atoms with E-state index in [1.807, 2.05) is 29.7 Å². The summed E-state index contributed by atoms with van der Waals surface area (Å²) in [6.45, 7) is 4.52. The molecule has 4 nitrogen and oxygen atoms in total. The number of phenolic OH excluding ortho intramolecular Hbond substituents is 1. The number of phenols is 1. The van der Waals surface area contributed by atoms with Crippen LogP contribution in [0.5, 0.6) is 5.75 Å². The van der Waals surface area contributed by atoms with Crippen molar-refractivity contribution in [2.45, 2.75) is 20.4 Å². The molecule has 0 aliphatic carbocycles. The van der Waals surface area contributed by atoms with E-state index in [1.165, 1.54) is 0 Å². The van der Waals surface area contributed by atoms with Crippen LogP contribution in [-0.2, 0) is 11.3 Å². The number of ether oxygens (including phenoxy) is 1. The van der Waals surface area contributed by atoms with Crippen molar-refractivity contribution in [3.05, 3.63) is 64.3 Å². The van der Waals surface area contributed by atoms with Crippen molar-refractivity contribution in [1.82, 2.24) is 4.57 Å². The van der Waals surface area contributed by atoms with Crippen molar-refractivity contribution in [3.8, 4) is 5.75 Å². The smallest absolute Gasteiger partial charge is 0.354 e. The Labute approximate surface area is 145 Å². The van der Waals surface area contributed by atoms with Crippen LogP contribution < -0.4 is 0 Å². The Morgan fingerprint density at radius 3 is 2.71 bits per heavy atom. The van der Waals surface area contributed by atoms with Gasteiger partial charge >= 0.3 is 5.97 Å². The lowest BCUT2D eigenvalue weighted by molar-refractivity contribution is 0.0515. The molecule has 0 unspecified atom stereocenters. The highest BCUT2D eigenvalue weighted by Crippen LogP contribution is 2.26. The van der Waals surface area contributed by atoms with Crippen molar-refractivity contribution < 1.29 is 14.6 Å². The molecule has 5 heteroatoms. The molecule has 0 fully saturated rings. The predicted octanol–water partition coefficient (Wildman–Crippen LogP) is 4.53. The zero-order valence-corrected chi connectivity index (χ0v) is 14.3. The van der Waals surface area contributed by atoms with Gasteiger partial charge in [0.05, 0.1) is 6.61 Å². The van der Waals surface area contributed by atoms with E-state index in [4.69, 9.17) is 16.3 Å². The van der Waals surface area contributed by atoms with Crippen molar-refractivity contribution in [1.29, 1.82) is 0 Å². The van der Waals surface area contributed by atoms with Gasteiger partial charge in [-0.25, -0.2) is 4.79 Å². The number of hydrogen-bond donors (Lipinski definition) is 1. The van der Waals surface area contributed by atoms with Gasteiger partial charge in [0.15, 0.2) is 0 Å². The molecule has 0 saturated heterocycles. The van der Waals surface area contributed by atoms with Crippen molar-refractivity contribution in [2.75, 3.05) is 6.61 Å². The van der Waals surface area contributed by atoms with Crippen LogP contribution in [0.15, 0.2) is 42.5 Å². The Balaban J connectivity index is 2.11. The maximum atomic E-state index is 12.3. The lowest BCUT2D eigenvalue weighted by Gasteiger charge is -2.11. The molecule has 0 atom stereocenters. The summed E-state index contributed by atoms with van der Waals surface area (Å²) in [4.78, 5) is 12.3. The van der Waals surface area contributed by atoms with Gasteiger partial charge in [-0.05, 0) is 55.3 Å². The van der Waals surface area contributed by atoms with E-state index < -0.39 is 0 Å². The third kappa shape index (κ3) is 3.10. The third-order valence-corrected chi connectivity index (χ3v) is 4.35. The summed E-state index contributed by atoms with van der Waals surface area (Å²) in [5.74, 6) is -0.222. The largest absolute Gasteiger partial charge is 0.508 e. The molecule has 3 aromatic rings. The molecule has 0 amide bonds. The molecule has 124 valence electrons. The second kappa shape index (κ2) is 6.57. The van der Waals surface area contributed by atoms with E-state index in [2.05, 4.69) is 0 Å². The number of nitrogens with zero attached hydrogens (tertiary/aromatic N) is 1. The summed E-state index contributed by atoms with van der Waals surface area (Å²) in [7, 11) is 0. The Bertz CT molecular complexity index is 914. The molecule has 24 heavy (non-hydrogen) atoms. The predicted molar refractivity (Wildman–Crippen MR) is 94.9 cm³/mol. The normalized spacial score (nSPS) is 11.0. The van der Waals surface area contributed by atoms with Crippen LogP contribution in [0.1, 0.15) is 28.5 Å². The van der Waals surface area contributed by atoms with E-state index in [1.54, 1.807) is 31.2 Å². The Hall–Kier alpha value is -2.46. The van der Waals surface area contributed by atoms with Gasteiger partial charge in [0, 0.05) is 22.5 Å². The van der Waals surface area contributed by atoms with E-state index in [9.17, 15) is 9.90 Å². The summed E-state index contributed by atoms with van der Waals surface area (Å²) in [5, 5.41) is 11.2. The number of carbonyl (C=O) groups is 1. The number of rotatable bonds is 4. The number of aromatic nitrogens is 1. The topological polar surface area (TPSA) is 51.5 Å². The number of aryl methyl sites for hydroxylation is 1. The van der Waals surface area contributed by atoms with Crippen LogP contribution in [0.2, 0.25) is 5.02 Å². The van der Waals surface area contributed by atoms with E-state index in [0.717, 1.165) is 22.0 Å². The van der Waals surface area contributed by atoms with Gasteiger partial charge in [0.1, 0.15) is 11.4 Å². The first-order valence-corrected chi connectivity index (χ1v) is 8.11. The van der Waals surface area contributed by atoms with Crippen molar-refractivity contribution in [3.63, 3.8) is 0 Å². The first-order valence-electron chi connectivity index (χ1n) is 7.74. The van der Waals surface area contributed by atoms with Crippen LogP contribution >= 0.6 is 11.6 Å². The zero-order chi connectivity index (χ0) is 17.3. The first-order chi connectivity index (χ1) is 11.5. The summed E-state index contributed by atoms with van der Waals surface area (Å²) in [6.07, 6.45) is 0. The summed E-state index contributed by atoms with van der Waals surface area (Å²) < 4.78 is 7.04. The van der Waals surface area contributed by atoms with Crippen LogP contribution in [0.3, 0.4) is 0 Å². The minimum Gasteiger partial charge on any atom is -0.508 e. The molecule has 1 N–H and O–H groups in total. The average Bonchev–Trinajstić information content (AvgIpc) is 2.89. The summed E-state index contributed by atoms with van der Waals surface area (Å²) in [6, 6.07) is 12.6. The van der Waals surface area contributed by atoms with Crippen LogP contribution in [0.25, 0.3) is 10.9 Å². The van der Waals surface area contributed by atoms with Crippen LogP contribution in [0, 0.1) is 6.92 Å². The van der Waals surface area contributed by atoms with E-state index in [0.29, 0.717) is 23.9 Å². The Kier molecular flexibility index (Phi) is 4.49. The highest BCUT2D eigenvalue weighted by molar-refractivity contribution is 6.31. The molecule has 0 spiro atoms. The minimum absolute atomic E-state index is 0.161. The molecular formula is C19H18ClNO3. The van der Waals surface area contributed by atoms with Crippen LogP contribution in [-0.4, -0.2) is 22.2 Å². The number of hydrogen-bond acceptors (Lipinski definition) is 3. The number of carbonyl (C=O) groups excluding carboxylic acids is 1. The lowest BCUT2D eigenvalue weighted by Crippen LogP contribution is -2.12. The monoisotopic (exact) mass is 343 g/mol. The number of esters is 1. The number of aromatic hydroxyl groups is 1. The Morgan fingerprint density at radius 2 is 2.00 bits per heavy atom. The van der Waals surface area contributed by atoms with Gasteiger partial charge in [-0.3, -0.25) is 0 Å². The molecule has 1 heterocycles. The van der Waals surface area contributed by atoms with Gasteiger partial charge < -0.3 is 14.4 Å². The highest BCUT2D eigenvalue weighted by atomic mass is 35.5. The van der Waals surface area contributed by atoms with E-state index >= 15 is 0 Å². The number of fused-ring (bicyclic) bond motifs is 1. The number of halogens is 1. The van der Waals surface area contributed by atoms with Crippen molar-refractivity contribution >= 4 is 28.5 Å². The highest BCUT2D eigenvalue weighted by Gasteiger charge is 2.17. The zero-order valence-electron chi connectivity index (χ0n) is 13.5. The third-order valence-electron chi connectivity index (χ3n) is 3.95. The van der Waals surface area contributed by atoms with E-state index in [-0.39, 0.29) is 11.7 Å². The molecule has 2 aromatic carbocycles. The van der Waals surface area contributed by atoms with Gasteiger partial charge in [-0.2, -0.15) is 0 Å². The molecule has 0 radical (unpaired) electrons. The van der Waals surface area contributed by atoms with Gasteiger partial charge in [0.25, 0.3) is 0 Å². The number of benzene rings is 2. The lowest BCUT2D eigenvalue weighted by atomic mass is 10.1. The fraction of sp³-hybridized carbons (Fsp3) is 0.211. The summed E-state index contributed by atoms with van der Waals surface area (Å²) in [5.41, 5.74) is 3.30. The molecule has 1 aromatic heterocycles. The second-order valence-electron chi connectivity index (χ2n) is 5.66. The minimum atomic E-state index is -0.383. The molecule has 0 bridgehead atoms. The fourth-order valence-corrected chi connectivity index (χ4v) is 2.92. The fourth-order valence-electron chi connectivity index (χ4n) is 2.72. The maximum absolute atomic E-state index is 12.3. The SMILES string of the molecule is CCOC(=O)c1cc2cc(O)ccc2n1Cc1ccc(C)c(Cl)c1. The summed E-state index contributed by atoms with van der Waals surface area (Å²) >= 11 is 6.21. The Morgan fingerprint density at radius 1 is 1.21 bits per heavy atom. The first kappa shape index (κ1) is 16.4. The van der Waals surface area contributed by atoms with Gasteiger partial charge in [-0.1, -0.05) is 23.7 Å². The molecule has 0 aliphatic rings. The second-order valence-corrected chi connectivity index (χ2v) is 6.07. The average molecular weight is 344 g/mol. The van der Waals surface area contributed by atoms with Crippen LogP contribution in [0.4, 0.5) is 0 Å². The molecule has 3 rings (SSSR count). The van der Waals surface area contributed by atoms with Gasteiger partial charge in [0.2, 0.25) is 0 Å². The molecule has 0 saturated carbocycles. The van der Waals surface area contributed by atoms with Gasteiger partial charge in [-0.15, -0.1) is 0 Å². The van der Waals surface area contributed by atoms with Crippen molar-refractivity contribution in [2.24, 2.45) is 0 Å². The quantitative estimate of drug-likeness (QED) is 0.708. The molecule has 0 aliphatic heterocycles. The maximum Gasteiger partial charge on any atom is 0.354 e. The standard InChI is InChI=1S/C19H18ClNO3/c1-3-24-19(23)18-10-14-9-15(22)6-7-17(14)21(18)11-13-5-4-12(2)16(20)8-13/h4-10,22H,3,11H2,1-2H3.